The number of halogens is 1. The number of terminal acetylenes is 1. The number of methoxy groups -OCH3 is 1. The van der Waals surface area contributed by atoms with Crippen LogP contribution in [0.4, 0.5) is 16.0 Å². The van der Waals surface area contributed by atoms with Crippen molar-refractivity contribution in [2.24, 2.45) is 0 Å². The lowest BCUT2D eigenvalue weighted by Crippen LogP contribution is -2.18. The predicted octanol–water partition coefficient (Wildman–Crippen LogP) is 3.29. The van der Waals surface area contributed by atoms with Crippen LogP contribution in [0, 0.1) is 18.2 Å². The normalized spacial score (nSPS) is 10.1. The molecule has 0 aliphatic carbocycles. The first-order valence-electron chi connectivity index (χ1n) is 8.91. The number of ether oxygens (including phenoxy) is 2. The van der Waals surface area contributed by atoms with Gasteiger partial charge in [0.15, 0.2) is 17.3 Å². The molecule has 0 saturated heterocycles. The summed E-state index contributed by atoms with van der Waals surface area (Å²) >= 11 is 0. The van der Waals surface area contributed by atoms with Crippen LogP contribution in [-0.2, 0) is 6.61 Å². The largest absolute Gasteiger partial charge is 0.494 e. The summed E-state index contributed by atoms with van der Waals surface area (Å²) in [5, 5.41) is 5.53. The Hall–Kier alpha value is -4.12. The standard InChI is InChI=1S/C22H19FN4O3/c1-4-14-6-5-7-17(8-14)27-22-25-11-18(12-26-22)30-13-16-9-15(21(28)24-2)10-19(29-3)20(16)23/h1,5-12H,13H2,2-3H3,(H,24,28)(H,25,26,27). The van der Waals surface area contributed by atoms with Crippen molar-refractivity contribution >= 4 is 17.5 Å². The Morgan fingerprint density at radius 2 is 2.00 bits per heavy atom. The maximum atomic E-state index is 14.5. The second-order valence-electron chi connectivity index (χ2n) is 6.11. The molecule has 1 amide bonds. The van der Waals surface area contributed by atoms with Crippen molar-refractivity contribution in [3.8, 4) is 23.8 Å². The quantitative estimate of drug-likeness (QED) is 0.586. The van der Waals surface area contributed by atoms with Gasteiger partial charge in [0.25, 0.3) is 5.91 Å². The molecule has 1 heterocycles. The summed E-state index contributed by atoms with van der Waals surface area (Å²) in [6.45, 7) is -0.132. The number of amides is 1. The first-order valence-corrected chi connectivity index (χ1v) is 8.91. The highest BCUT2D eigenvalue weighted by Gasteiger charge is 2.15. The monoisotopic (exact) mass is 406 g/mol. The van der Waals surface area contributed by atoms with Crippen molar-refractivity contribution in [2.75, 3.05) is 19.5 Å². The van der Waals surface area contributed by atoms with Crippen LogP contribution in [0.3, 0.4) is 0 Å². The molecule has 2 N–H and O–H groups in total. The SMILES string of the molecule is C#Cc1cccc(Nc2ncc(OCc3cc(C(=O)NC)cc(OC)c3F)cn2)c1. The average Bonchev–Trinajstić information content (AvgIpc) is 2.79. The summed E-state index contributed by atoms with van der Waals surface area (Å²) in [5.41, 5.74) is 1.91. The zero-order chi connectivity index (χ0) is 21.5. The fraction of sp³-hybridized carbons (Fsp3) is 0.136. The molecule has 1 aromatic heterocycles. The number of hydrogen-bond donors (Lipinski definition) is 2. The Kier molecular flexibility index (Phi) is 6.45. The number of nitrogens with one attached hydrogen (secondary N) is 2. The summed E-state index contributed by atoms with van der Waals surface area (Å²) in [7, 11) is 2.82. The highest BCUT2D eigenvalue weighted by atomic mass is 19.1. The number of anilines is 2. The van der Waals surface area contributed by atoms with Crippen LogP contribution < -0.4 is 20.1 Å². The van der Waals surface area contributed by atoms with Crippen molar-refractivity contribution in [3.63, 3.8) is 0 Å². The van der Waals surface area contributed by atoms with Crippen LogP contribution in [0.15, 0.2) is 48.8 Å². The van der Waals surface area contributed by atoms with Gasteiger partial charge in [0.1, 0.15) is 6.61 Å². The van der Waals surface area contributed by atoms with E-state index in [0.717, 1.165) is 11.3 Å². The Morgan fingerprint density at radius 1 is 1.23 bits per heavy atom. The van der Waals surface area contributed by atoms with Crippen molar-refractivity contribution in [1.82, 2.24) is 15.3 Å². The van der Waals surface area contributed by atoms with E-state index >= 15 is 0 Å². The molecule has 0 unspecified atom stereocenters. The van der Waals surface area contributed by atoms with E-state index < -0.39 is 5.82 Å². The maximum Gasteiger partial charge on any atom is 0.251 e. The fourth-order valence-electron chi connectivity index (χ4n) is 2.62. The zero-order valence-corrected chi connectivity index (χ0v) is 16.4. The van der Waals surface area contributed by atoms with Crippen LogP contribution in [0.5, 0.6) is 11.5 Å². The van der Waals surface area contributed by atoms with Gasteiger partial charge in [0.05, 0.1) is 19.5 Å². The Morgan fingerprint density at radius 3 is 2.67 bits per heavy atom. The van der Waals surface area contributed by atoms with Crippen molar-refractivity contribution in [2.45, 2.75) is 6.61 Å². The van der Waals surface area contributed by atoms with Crippen LogP contribution in [0.25, 0.3) is 0 Å². The van der Waals surface area contributed by atoms with Crippen LogP contribution in [-0.4, -0.2) is 30.0 Å². The molecule has 0 aliphatic rings. The summed E-state index contributed by atoms with van der Waals surface area (Å²) < 4.78 is 25.1. The van der Waals surface area contributed by atoms with E-state index in [2.05, 4.69) is 26.5 Å². The van der Waals surface area contributed by atoms with Gasteiger partial charge in [-0.2, -0.15) is 0 Å². The van der Waals surface area contributed by atoms with Gasteiger partial charge < -0.3 is 20.1 Å². The van der Waals surface area contributed by atoms with Gasteiger partial charge in [-0.25, -0.2) is 14.4 Å². The van der Waals surface area contributed by atoms with E-state index in [4.69, 9.17) is 15.9 Å². The lowest BCUT2D eigenvalue weighted by atomic mass is 10.1. The number of nitrogens with zero attached hydrogens (tertiary/aromatic N) is 2. The van der Waals surface area contributed by atoms with E-state index in [1.54, 1.807) is 6.07 Å². The molecule has 3 aromatic rings. The predicted molar refractivity (Wildman–Crippen MR) is 110 cm³/mol. The second kappa shape index (κ2) is 9.39. The molecule has 2 aromatic carbocycles. The molecule has 152 valence electrons. The minimum atomic E-state index is -0.599. The van der Waals surface area contributed by atoms with E-state index in [1.165, 1.54) is 38.7 Å². The number of carbonyl (C=O) groups is 1. The maximum absolute atomic E-state index is 14.5. The van der Waals surface area contributed by atoms with Gasteiger partial charge in [0.2, 0.25) is 5.95 Å². The number of rotatable bonds is 7. The first kappa shape index (κ1) is 20.6. The van der Waals surface area contributed by atoms with Gasteiger partial charge in [0, 0.05) is 29.4 Å². The van der Waals surface area contributed by atoms with E-state index in [-0.39, 0.29) is 29.4 Å². The lowest BCUT2D eigenvalue weighted by Gasteiger charge is -2.12. The summed E-state index contributed by atoms with van der Waals surface area (Å²) in [6.07, 6.45) is 8.31. The number of hydrogen-bond acceptors (Lipinski definition) is 6. The molecular formula is C22H19FN4O3. The fourth-order valence-corrected chi connectivity index (χ4v) is 2.62. The van der Waals surface area contributed by atoms with Crippen LogP contribution in [0.2, 0.25) is 0 Å². The minimum Gasteiger partial charge on any atom is -0.494 e. The van der Waals surface area contributed by atoms with Gasteiger partial charge in [-0.1, -0.05) is 12.0 Å². The first-order chi connectivity index (χ1) is 14.5. The number of carbonyl (C=O) groups excluding carboxylic acids is 1. The molecule has 8 heteroatoms. The molecule has 7 nitrogen and oxygen atoms in total. The van der Waals surface area contributed by atoms with Crippen LogP contribution in [0.1, 0.15) is 21.5 Å². The zero-order valence-electron chi connectivity index (χ0n) is 16.4. The Bertz CT molecular complexity index is 1090. The highest BCUT2D eigenvalue weighted by Crippen LogP contribution is 2.24. The van der Waals surface area contributed by atoms with Crippen molar-refractivity contribution in [1.29, 1.82) is 0 Å². The van der Waals surface area contributed by atoms with Gasteiger partial charge >= 0.3 is 0 Å². The number of aromatic nitrogens is 2. The third-order valence-electron chi connectivity index (χ3n) is 4.13. The molecule has 3 rings (SSSR count). The topological polar surface area (TPSA) is 85.4 Å². The molecule has 0 radical (unpaired) electrons. The van der Waals surface area contributed by atoms with E-state index in [1.807, 2.05) is 18.2 Å². The molecule has 30 heavy (non-hydrogen) atoms. The third-order valence-corrected chi connectivity index (χ3v) is 4.13. The molecule has 0 saturated carbocycles. The second-order valence-corrected chi connectivity index (χ2v) is 6.11. The average molecular weight is 406 g/mol. The third kappa shape index (κ3) is 4.83. The van der Waals surface area contributed by atoms with Gasteiger partial charge in [-0.05, 0) is 30.3 Å². The van der Waals surface area contributed by atoms with E-state index in [9.17, 15) is 9.18 Å². The van der Waals surface area contributed by atoms with Gasteiger partial charge in [-0.15, -0.1) is 6.42 Å². The molecule has 0 spiro atoms. The molecule has 0 atom stereocenters. The van der Waals surface area contributed by atoms with Crippen molar-refractivity contribution < 1.29 is 18.7 Å². The molecule has 0 bridgehead atoms. The van der Waals surface area contributed by atoms with Gasteiger partial charge in [-0.3, -0.25) is 4.79 Å². The highest BCUT2D eigenvalue weighted by molar-refractivity contribution is 5.94. The summed E-state index contributed by atoms with van der Waals surface area (Å²) in [6, 6.07) is 10.0. The molecule has 0 fully saturated rings. The molecular weight excluding hydrogens is 387 g/mol. The Labute approximate surface area is 173 Å². The summed E-state index contributed by atoms with van der Waals surface area (Å²) in [5.74, 6) is 2.24. The van der Waals surface area contributed by atoms with Crippen LogP contribution >= 0.6 is 0 Å². The van der Waals surface area contributed by atoms with Crippen molar-refractivity contribution in [3.05, 3.63) is 71.3 Å². The van der Waals surface area contributed by atoms with E-state index in [0.29, 0.717) is 11.7 Å². The molecule has 0 aliphatic heterocycles. The minimum absolute atomic E-state index is 0.0419. The Balaban J connectivity index is 1.70. The smallest absolute Gasteiger partial charge is 0.251 e. The summed E-state index contributed by atoms with van der Waals surface area (Å²) in [4.78, 5) is 20.2. The number of benzene rings is 2. The lowest BCUT2D eigenvalue weighted by molar-refractivity contribution is 0.0962.